The van der Waals surface area contributed by atoms with Crippen LogP contribution in [0.25, 0.3) is 6.08 Å². The average molecular weight is 411 g/mol. The minimum Gasteiger partial charge on any atom is -0.349 e. The third kappa shape index (κ3) is 4.92. The first-order chi connectivity index (χ1) is 15.1. The van der Waals surface area contributed by atoms with Crippen LogP contribution in [0.1, 0.15) is 47.7 Å². The van der Waals surface area contributed by atoms with Crippen molar-refractivity contribution in [2.75, 3.05) is 0 Å². The monoisotopic (exact) mass is 410 g/mol. The molecule has 3 aromatic carbocycles. The van der Waals surface area contributed by atoms with Gasteiger partial charge in [-0.1, -0.05) is 84.9 Å². The predicted molar refractivity (Wildman–Crippen MR) is 123 cm³/mol. The summed E-state index contributed by atoms with van der Waals surface area (Å²) in [7, 11) is 0. The number of carbonyl (C=O) groups is 2. The zero-order chi connectivity index (χ0) is 21.6. The molecule has 4 rings (SSSR count). The third-order valence-electron chi connectivity index (χ3n) is 5.67. The van der Waals surface area contributed by atoms with Crippen LogP contribution >= 0.6 is 0 Å². The molecular formula is C27H26N2O2. The SMILES string of the molecule is CC(=O)N1C=Cc2ccccc2C1CC(=O)NC(Cc1ccccc1)c1ccccc1. The van der Waals surface area contributed by atoms with Crippen LogP contribution < -0.4 is 5.32 Å². The van der Waals surface area contributed by atoms with Crippen molar-refractivity contribution < 1.29 is 9.59 Å². The number of hydrogen-bond acceptors (Lipinski definition) is 2. The van der Waals surface area contributed by atoms with E-state index in [1.807, 2.05) is 78.9 Å². The Bertz CT molecular complexity index is 1080. The van der Waals surface area contributed by atoms with Gasteiger partial charge in [-0.15, -0.1) is 0 Å². The van der Waals surface area contributed by atoms with E-state index in [0.29, 0.717) is 6.42 Å². The van der Waals surface area contributed by atoms with Crippen LogP contribution in [-0.4, -0.2) is 16.7 Å². The van der Waals surface area contributed by atoms with Crippen molar-refractivity contribution in [2.45, 2.75) is 31.8 Å². The molecule has 2 atom stereocenters. The van der Waals surface area contributed by atoms with E-state index in [2.05, 4.69) is 17.4 Å². The molecule has 2 unspecified atom stereocenters. The molecule has 0 saturated carbocycles. The van der Waals surface area contributed by atoms with E-state index in [1.165, 1.54) is 6.92 Å². The van der Waals surface area contributed by atoms with Gasteiger partial charge in [-0.25, -0.2) is 0 Å². The molecule has 4 nitrogen and oxygen atoms in total. The lowest BCUT2D eigenvalue weighted by Crippen LogP contribution is -2.37. The summed E-state index contributed by atoms with van der Waals surface area (Å²) in [5.41, 5.74) is 4.26. The zero-order valence-electron chi connectivity index (χ0n) is 17.6. The molecule has 0 aliphatic carbocycles. The third-order valence-corrected chi connectivity index (χ3v) is 5.67. The summed E-state index contributed by atoms with van der Waals surface area (Å²) in [5, 5.41) is 3.22. The van der Waals surface area contributed by atoms with Gasteiger partial charge in [0, 0.05) is 13.1 Å². The second-order valence-electron chi connectivity index (χ2n) is 7.81. The van der Waals surface area contributed by atoms with Gasteiger partial charge in [-0.2, -0.15) is 0 Å². The van der Waals surface area contributed by atoms with Gasteiger partial charge in [0.25, 0.3) is 0 Å². The number of fused-ring (bicyclic) bond motifs is 1. The molecule has 0 radical (unpaired) electrons. The summed E-state index contributed by atoms with van der Waals surface area (Å²) in [5.74, 6) is -0.154. The number of rotatable bonds is 6. The quantitative estimate of drug-likeness (QED) is 0.618. The van der Waals surface area contributed by atoms with E-state index >= 15 is 0 Å². The summed E-state index contributed by atoms with van der Waals surface area (Å²) in [6.45, 7) is 1.53. The van der Waals surface area contributed by atoms with Gasteiger partial charge >= 0.3 is 0 Å². The molecule has 0 bridgehead atoms. The fourth-order valence-electron chi connectivity index (χ4n) is 4.13. The van der Waals surface area contributed by atoms with Gasteiger partial charge in [0.2, 0.25) is 11.8 Å². The molecule has 2 amide bonds. The maximum atomic E-state index is 13.2. The zero-order valence-corrected chi connectivity index (χ0v) is 17.6. The van der Waals surface area contributed by atoms with Crippen LogP contribution in [0.5, 0.6) is 0 Å². The number of nitrogens with zero attached hydrogens (tertiary/aromatic N) is 1. The van der Waals surface area contributed by atoms with E-state index in [9.17, 15) is 9.59 Å². The van der Waals surface area contributed by atoms with E-state index in [0.717, 1.165) is 22.3 Å². The van der Waals surface area contributed by atoms with Gasteiger partial charge in [-0.05, 0) is 34.8 Å². The van der Waals surface area contributed by atoms with Crippen LogP contribution in [0.3, 0.4) is 0 Å². The Morgan fingerprint density at radius 3 is 2.26 bits per heavy atom. The molecular weight excluding hydrogens is 384 g/mol. The van der Waals surface area contributed by atoms with Crippen molar-refractivity contribution in [3.8, 4) is 0 Å². The molecule has 3 aromatic rings. The van der Waals surface area contributed by atoms with E-state index in [4.69, 9.17) is 0 Å². The molecule has 1 aliphatic rings. The smallest absolute Gasteiger partial charge is 0.223 e. The Labute approximate surface area is 183 Å². The first-order valence-corrected chi connectivity index (χ1v) is 10.6. The van der Waals surface area contributed by atoms with Crippen molar-refractivity contribution in [3.63, 3.8) is 0 Å². The molecule has 1 heterocycles. The highest BCUT2D eigenvalue weighted by Gasteiger charge is 2.29. The maximum absolute atomic E-state index is 13.2. The lowest BCUT2D eigenvalue weighted by atomic mass is 9.93. The molecule has 4 heteroatoms. The minimum atomic E-state index is -0.313. The highest BCUT2D eigenvalue weighted by atomic mass is 16.2. The molecule has 1 aliphatic heterocycles. The summed E-state index contributed by atoms with van der Waals surface area (Å²) in [6, 6.07) is 27.6. The molecule has 0 fully saturated rings. The minimum absolute atomic E-state index is 0.0764. The molecule has 0 saturated heterocycles. The molecule has 1 N–H and O–H groups in total. The molecule has 0 aromatic heterocycles. The second-order valence-corrected chi connectivity index (χ2v) is 7.81. The van der Waals surface area contributed by atoms with Gasteiger partial charge < -0.3 is 10.2 Å². The average Bonchev–Trinajstić information content (AvgIpc) is 2.80. The van der Waals surface area contributed by atoms with Crippen molar-refractivity contribution in [1.29, 1.82) is 0 Å². The van der Waals surface area contributed by atoms with Gasteiger partial charge in [-0.3, -0.25) is 9.59 Å². The number of carbonyl (C=O) groups excluding carboxylic acids is 2. The van der Waals surface area contributed by atoms with Crippen LogP contribution in [0.15, 0.2) is 91.1 Å². The number of amides is 2. The summed E-state index contributed by atoms with van der Waals surface area (Å²) in [4.78, 5) is 27.1. The van der Waals surface area contributed by atoms with Crippen LogP contribution in [0.4, 0.5) is 0 Å². The van der Waals surface area contributed by atoms with Crippen molar-refractivity contribution in [1.82, 2.24) is 10.2 Å². The fraction of sp³-hybridized carbons (Fsp3) is 0.185. The van der Waals surface area contributed by atoms with Crippen LogP contribution in [0.2, 0.25) is 0 Å². The second kappa shape index (κ2) is 9.43. The van der Waals surface area contributed by atoms with E-state index in [1.54, 1.807) is 11.1 Å². The number of hydrogen-bond donors (Lipinski definition) is 1. The van der Waals surface area contributed by atoms with Gasteiger partial charge in [0.15, 0.2) is 0 Å². The summed E-state index contributed by atoms with van der Waals surface area (Å²) >= 11 is 0. The standard InChI is InChI=1S/C27H26N2O2/c1-20(30)29-17-16-22-12-8-9-15-24(22)26(29)19-27(31)28-25(23-13-6-3-7-14-23)18-21-10-4-2-5-11-21/h2-17,25-26H,18-19H2,1H3,(H,28,31). The topological polar surface area (TPSA) is 49.4 Å². The van der Waals surface area contributed by atoms with Crippen molar-refractivity contribution in [3.05, 3.63) is 113 Å². The molecule has 0 spiro atoms. The lowest BCUT2D eigenvalue weighted by Gasteiger charge is -2.32. The number of nitrogens with one attached hydrogen (secondary N) is 1. The van der Waals surface area contributed by atoms with Crippen LogP contribution in [-0.2, 0) is 16.0 Å². The highest BCUT2D eigenvalue weighted by Crippen LogP contribution is 2.33. The van der Waals surface area contributed by atoms with E-state index in [-0.39, 0.29) is 30.3 Å². The predicted octanol–water partition coefficient (Wildman–Crippen LogP) is 5.05. The van der Waals surface area contributed by atoms with Crippen molar-refractivity contribution in [2.24, 2.45) is 0 Å². The Hall–Kier alpha value is -3.66. The summed E-state index contributed by atoms with van der Waals surface area (Å²) < 4.78 is 0. The lowest BCUT2D eigenvalue weighted by molar-refractivity contribution is -0.130. The van der Waals surface area contributed by atoms with Gasteiger partial charge in [0.1, 0.15) is 0 Å². The Kier molecular flexibility index (Phi) is 6.27. The Balaban J connectivity index is 1.55. The Morgan fingerprint density at radius 1 is 0.903 bits per heavy atom. The molecule has 31 heavy (non-hydrogen) atoms. The van der Waals surface area contributed by atoms with Gasteiger partial charge in [0.05, 0.1) is 18.5 Å². The van der Waals surface area contributed by atoms with Crippen molar-refractivity contribution >= 4 is 17.9 Å². The van der Waals surface area contributed by atoms with Crippen LogP contribution in [0, 0.1) is 0 Å². The normalized spacial score (nSPS) is 15.8. The highest BCUT2D eigenvalue weighted by molar-refractivity contribution is 5.82. The first kappa shape index (κ1) is 20.6. The first-order valence-electron chi connectivity index (χ1n) is 10.6. The Morgan fingerprint density at radius 2 is 1.55 bits per heavy atom. The summed E-state index contributed by atoms with van der Waals surface area (Å²) in [6.07, 6.45) is 4.61. The fourth-order valence-corrected chi connectivity index (χ4v) is 4.13. The largest absolute Gasteiger partial charge is 0.349 e. The number of benzene rings is 3. The molecule has 156 valence electrons. The van der Waals surface area contributed by atoms with E-state index < -0.39 is 0 Å². The maximum Gasteiger partial charge on any atom is 0.223 e.